The molecule has 0 atom stereocenters. The minimum Gasteiger partial charge on any atom is -0.492 e. The van der Waals surface area contributed by atoms with Gasteiger partial charge < -0.3 is 4.74 Å². The maximum absolute atomic E-state index is 12.2. The molecule has 0 N–H and O–H groups in total. The third kappa shape index (κ3) is 3.43. The van der Waals surface area contributed by atoms with Crippen molar-refractivity contribution in [2.75, 3.05) is 32.9 Å². The summed E-state index contributed by atoms with van der Waals surface area (Å²) >= 11 is 0. The van der Waals surface area contributed by atoms with Gasteiger partial charge in [0, 0.05) is 25.6 Å². The van der Waals surface area contributed by atoms with Crippen LogP contribution in [0.2, 0.25) is 0 Å². The molecule has 1 aromatic carbocycles. The summed E-state index contributed by atoms with van der Waals surface area (Å²) in [7, 11) is 0. The molecule has 1 heterocycles. The van der Waals surface area contributed by atoms with Gasteiger partial charge in [-0.05, 0) is 24.1 Å². The number of likely N-dealkylation sites (tertiary alicyclic amines) is 1. The molecule has 0 amide bonds. The summed E-state index contributed by atoms with van der Waals surface area (Å²) < 4.78 is 17.9. The Morgan fingerprint density at radius 2 is 2.00 bits per heavy atom. The van der Waals surface area contributed by atoms with Crippen LogP contribution in [0.5, 0.6) is 5.75 Å². The Morgan fingerprint density at radius 3 is 2.59 bits per heavy atom. The number of nitrogens with zero attached hydrogens (tertiary/aromatic N) is 1. The Balaban J connectivity index is 1.64. The Hall–Kier alpha value is -1.09. The molecule has 1 fully saturated rings. The summed E-state index contributed by atoms with van der Waals surface area (Å²) in [5.41, 5.74) is 1.32. The molecule has 3 heteroatoms. The van der Waals surface area contributed by atoms with Gasteiger partial charge in [-0.25, -0.2) is 0 Å². The largest absolute Gasteiger partial charge is 0.492 e. The third-order valence-corrected chi connectivity index (χ3v) is 3.26. The van der Waals surface area contributed by atoms with E-state index in [9.17, 15) is 4.39 Å². The number of hydrogen-bond donors (Lipinski definition) is 0. The SMILES string of the molecule is CCc1ccc(OCCN2CC(CF)C2)cc1. The summed E-state index contributed by atoms with van der Waals surface area (Å²) in [5.74, 6) is 1.18. The highest BCUT2D eigenvalue weighted by molar-refractivity contribution is 5.27. The predicted molar refractivity (Wildman–Crippen MR) is 67.2 cm³/mol. The van der Waals surface area contributed by atoms with E-state index in [1.807, 2.05) is 12.1 Å². The minimum atomic E-state index is -0.185. The molecule has 0 unspecified atom stereocenters. The number of benzene rings is 1. The van der Waals surface area contributed by atoms with Gasteiger partial charge >= 0.3 is 0 Å². The molecule has 94 valence electrons. The van der Waals surface area contributed by atoms with Gasteiger partial charge in [-0.1, -0.05) is 19.1 Å². The van der Waals surface area contributed by atoms with Crippen LogP contribution in [-0.4, -0.2) is 37.8 Å². The lowest BCUT2D eigenvalue weighted by atomic mass is 10.0. The molecule has 0 aliphatic carbocycles. The zero-order chi connectivity index (χ0) is 12.1. The highest BCUT2D eigenvalue weighted by Gasteiger charge is 2.25. The van der Waals surface area contributed by atoms with Crippen molar-refractivity contribution in [3.05, 3.63) is 29.8 Å². The topological polar surface area (TPSA) is 12.5 Å². The second-order valence-corrected chi connectivity index (χ2v) is 4.63. The maximum Gasteiger partial charge on any atom is 0.119 e. The van der Waals surface area contributed by atoms with Crippen molar-refractivity contribution in [2.24, 2.45) is 5.92 Å². The Kier molecular flexibility index (Phi) is 4.37. The molecule has 0 saturated carbocycles. The van der Waals surface area contributed by atoms with E-state index in [4.69, 9.17) is 4.74 Å². The molecule has 1 aromatic rings. The van der Waals surface area contributed by atoms with Crippen molar-refractivity contribution in [3.63, 3.8) is 0 Å². The molecule has 1 aliphatic rings. The van der Waals surface area contributed by atoms with Gasteiger partial charge in [0.1, 0.15) is 12.4 Å². The quantitative estimate of drug-likeness (QED) is 0.754. The molecule has 2 rings (SSSR count). The molecular weight excluding hydrogens is 217 g/mol. The normalized spacial score (nSPS) is 16.8. The molecular formula is C14H20FNO. The second-order valence-electron chi connectivity index (χ2n) is 4.63. The zero-order valence-corrected chi connectivity index (χ0v) is 10.4. The van der Waals surface area contributed by atoms with Crippen LogP contribution in [0.3, 0.4) is 0 Å². The lowest BCUT2D eigenvalue weighted by Gasteiger charge is -2.37. The standard InChI is InChI=1S/C14H20FNO/c1-2-12-3-5-14(6-4-12)17-8-7-16-10-13(9-15)11-16/h3-6,13H,2,7-11H2,1H3. The minimum absolute atomic E-state index is 0.185. The number of ether oxygens (including phenoxy) is 1. The summed E-state index contributed by atoms with van der Waals surface area (Å²) in [6.07, 6.45) is 1.05. The molecule has 0 bridgehead atoms. The fourth-order valence-corrected chi connectivity index (χ4v) is 2.07. The highest BCUT2D eigenvalue weighted by Crippen LogP contribution is 2.16. The summed E-state index contributed by atoms with van der Waals surface area (Å²) in [6.45, 7) is 5.30. The molecule has 0 spiro atoms. The van der Waals surface area contributed by atoms with Crippen molar-refractivity contribution in [1.82, 2.24) is 4.90 Å². The second kappa shape index (κ2) is 6.01. The zero-order valence-electron chi connectivity index (χ0n) is 10.4. The average Bonchev–Trinajstić information content (AvgIpc) is 2.33. The molecule has 17 heavy (non-hydrogen) atoms. The van der Waals surface area contributed by atoms with Gasteiger partial charge in [-0.3, -0.25) is 9.29 Å². The van der Waals surface area contributed by atoms with Crippen molar-refractivity contribution in [3.8, 4) is 5.75 Å². The van der Waals surface area contributed by atoms with Crippen LogP contribution in [0.15, 0.2) is 24.3 Å². The Labute approximate surface area is 102 Å². The van der Waals surface area contributed by atoms with Crippen molar-refractivity contribution >= 4 is 0 Å². The first kappa shape index (κ1) is 12.4. The van der Waals surface area contributed by atoms with Gasteiger partial charge in [0.25, 0.3) is 0 Å². The number of halogens is 1. The van der Waals surface area contributed by atoms with Crippen molar-refractivity contribution in [1.29, 1.82) is 0 Å². The first-order valence-corrected chi connectivity index (χ1v) is 6.32. The van der Waals surface area contributed by atoms with Gasteiger partial charge in [-0.2, -0.15) is 0 Å². The molecule has 1 aliphatic heterocycles. The maximum atomic E-state index is 12.2. The highest BCUT2D eigenvalue weighted by atomic mass is 19.1. The van der Waals surface area contributed by atoms with E-state index in [-0.39, 0.29) is 12.6 Å². The summed E-state index contributed by atoms with van der Waals surface area (Å²) in [4.78, 5) is 2.23. The van der Waals surface area contributed by atoms with Gasteiger partial charge in [0.05, 0.1) is 6.67 Å². The monoisotopic (exact) mass is 237 g/mol. The number of hydrogen-bond acceptors (Lipinski definition) is 2. The van der Waals surface area contributed by atoms with Crippen LogP contribution in [0.4, 0.5) is 4.39 Å². The van der Waals surface area contributed by atoms with Crippen LogP contribution in [0, 0.1) is 5.92 Å². The first-order chi connectivity index (χ1) is 8.31. The van der Waals surface area contributed by atoms with Gasteiger partial charge in [-0.15, -0.1) is 0 Å². The van der Waals surface area contributed by atoms with E-state index < -0.39 is 0 Å². The van der Waals surface area contributed by atoms with Crippen LogP contribution >= 0.6 is 0 Å². The van der Waals surface area contributed by atoms with E-state index in [1.54, 1.807) is 0 Å². The smallest absolute Gasteiger partial charge is 0.119 e. The van der Waals surface area contributed by atoms with Crippen LogP contribution in [0.1, 0.15) is 12.5 Å². The molecule has 0 aromatic heterocycles. The number of alkyl halides is 1. The molecule has 1 saturated heterocycles. The first-order valence-electron chi connectivity index (χ1n) is 6.32. The van der Waals surface area contributed by atoms with E-state index in [1.165, 1.54) is 5.56 Å². The average molecular weight is 237 g/mol. The summed E-state index contributed by atoms with van der Waals surface area (Å²) in [6, 6.07) is 8.22. The van der Waals surface area contributed by atoms with E-state index in [0.717, 1.165) is 31.8 Å². The van der Waals surface area contributed by atoms with E-state index in [0.29, 0.717) is 6.61 Å². The van der Waals surface area contributed by atoms with Crippen molar-refractivity contribution < 1.29 is 9.13 Å². The fraction of sp³-hybridized carbons (Fsp3) is 0.571. The summed E-state index contributed by atoms with van der Waals surface area (Å²) in [5, 5.41) is 0. The molecule has 0 radical (unpaired) electrons. The van der Waals surface area contributed by atoms with Crippen molar-refractivity contribution in [2.45, 2.75) is 13.3 Å². The fourth-order valence-electron chi connectivity index (χ4n) is 2.07. The van der Waals surface area contributed by atoms with E-state index in [2.05, 4.69) is 24.0 Å². The lowest BCUT2D eigenvalue weighted by Crippen LogP contribution is -2.49. The Bertz CT molecular complexity index is 333. The molecule has 2 nitrogen and oxygen atoms in total. The van der Waals surface area contributed by atoms with Gasteiger partial charge in [0.2, 0.25) is 0 Å². The van der Waals surface area contributed by atoms with Crippen LogP contribution in [-0.2, 0) is 6.42 Å². The number of rotatable bonds is 6. The van der Waals surface area contributed by atoms with Crippen LogP contribution < -0.4 is 4.74 Å². The number of aryl methyl sites for hydroxylation is 1. The van der Waals surface area contributed by atoms with E-state index >= 15 is 0 Å². The Morgan fingerprint density at radius 1 is 1.29 bits per heavy atom. The van der Waals surface area contributed by atoms with Gasteiger partial charge in [0.15, 0.2) is 0 Å². The lowest BCUT2D eigenvalue weighted by molar-refractivity contribution is 0.0668. The predicted octanol–water partition coefficient (Wildman–Crippen LogP) is 2.53. The van der Waals surface area contributed by atoms with Crippen LogP contribution in [0.25, 0.3) is 0 Å². The third-order valence-electron chi connectivity index (χ3n) is 3.26.